The summed E-state index contributed by atoms with van der Waals surface area (Å²) in [4.78, 5) is 6.42. The fourth-order valence-corrected chi connectivity index (χ4v) is 4.32. The van der Waals surface area contributed by atoms with Gasteiger partial charge in [0, 0.05) is 43.2 Å². The standard InChI is InChI=1S/C31H31N3O3/c1-4-34(20-23-13-15-33-16-14-23)21-29-30(35-2)17-26(18-31(29)36-3)37-22-25-11-8-12-27(28(25)19-32)24-9-6-5-7-10-24/h5-18H,4,20-22H2,1-3H3. The molecule has 0 bridgehead atoms. The maximum absolute atomic E-state index is 9.92. The molecule has 0 spiro atoms. The van der Waals surface area contributed by atoms with E-state index in [0.29, 0.717) is 29.4 Å². The number of ether oxygens (including phenoxy) is 3. The zero-order valence-electron chi connectivity index (χ0n) is 21.5. The Labute approximate surface area is 218 Å². The summed E-state index contributed by atoms with van der Waals surface area (Å²) in [6.07, 6.45) is 3.62. The van der Waals surface area contributed by atoms with E-state index in [1.807, 2.05) is 85.2 Å². The van der Waals surface area contributed by atoms with Crippen molar-refractivity contribution in [3.63, 3.8) is 0 Å². The van der Waals surface area contributed by atoms with Crippen molar-refractivity contribution >= 4 is 0 Å². The fraction of sp³-hybridized carbons (Fsp3) is 0.226. The maximum Gasteiger partial charge on any atom is 0.130 e. The highest BCUT2D eigenvalue weighted by atomic mass is 16.5. The van der Waals surface area contributed by atoms with E-state index < -0.39 is 0 Å². The quantitative estimate of drug-likeness (QED) is 0.246. The van der Waals surface area contributed by atoms with E-state index in [4.69, 9.17) is 14.2 Å². The van der Waals surface area contributed by atoms with Crippen LogP contribution in [0.15, 0.2) is 85.2 Å². The van der Waals surface area contributed by atoms with Gasteiger partial charge in [0.15, 0.2) is 0 Å². The lowest BCUT2D eigenvalue weighted by atomic mass is 9.96. The van der Waals surface area contributed by atoms with Crippen molar-refractivity contribution in [2.45, 2.75) is 26.6 Å². The van der Waals surface area contributed by atoms with Crippen molar-refractivity contribution in [3.8, 4) is 34.4 Å². The van der Waals surface area contributed by atoms with E-state index in [-0.39, 0.29) is 6.61 Å². The van der Waals surface area contributed by atoms with Crippen LogP contribution in [0.4, 0.5) is 0 Å². The molecule has 0 aliphatic rings. The van der Waals surface area contributed by atoms with Gasteiger partial charge < -0.3 is 14.2 Å². The number of hydrogen-bond donors (Lipinski definition) is 0. The molecule has 0 aliphatic carbocycles. The second kappa shape index (κ2) is 12.6. The number of hydrogen-bond acceptors (Lipinski definition) is 6. The Morgan fingerprint density at radius 3 is 2.19 bits per heavy atom. The monoisotopic (exact) mass is 493 g/mol. The van der Waals surface area contributed by atoms with Crippen LogP contribution in [-0.2, 0) is 19.7 Å². The van der Waals surface area contributed by atoms with Gasteiger partial charge in [-0.15, -0.1) is 0 Å². The number of pyridine rings is 1. The molecule has 0 saturated heterocycles. The summed E-state index contributed by atoms with van der Waals surface area (Å²) in [6, 6.07) is 25.9. The molecular formula is C31H31N3O3. The van der Waals surface area contributed by atoms with E-state index in [0.717, 1.165) is 35.3 Å². The number of rotatable bonds is 11. The Morgan fingerprint density at radius 2 is 1.57 bits per heavy atom. The second-order valence-corrected chi connectivity index (χ2v) is 8.57. The Hall–Kier alpha value is -4.34. The van der Waals surface area contributed by atoms with Crippen LogP contribution in [0, 0.1) is 11.3 Å². The first-order valence-corrected chi connectivity index (χ1v) is 12.2. The average Bonchev–Trinajstić information content (AvgIpc) is 2.96. The van der Waals surface area contributed by atoms with Gasteiger partial charge in [-0.2, -0.15) is 5.26 Å². The van der Waals surface area contributed by atoms with Gasteiger partial charge in [-0.25, -0.2) is 0 Å². The number of benzene rings is 3. The van der Waals surface area contributed by atoms with Crippen LogP contribution in [0.5, 0.6) is 17.2 Å². The number of nitrogens with zero attached hydrogens (tertiary/aromatic N) is 3. The normalized spacial score (nSPS) is 10.7. The lowest BCUT2D eigenvalue weighted by Gasteiger charge is -2.24. The predicted octanol–water partition coefficient (Wildman–Crippen LogP) is 6.24. The van der Waals surface area contributed by atoms with E-state index in [9.17, 15) is 5.26 Å². The molecule has 37 heavy (non-hydrogen) atoms. The average molecular weight is 494 g/mol. The molecule has 0 radical (unpaired) electrons. The van der Waals surface area contributed by atoms with Gasteiger partial charge in [-0.05, 0) is 35.4 Å². The van der Waals surface area contributed by atoms with E-state index in [1.165, 1.54) is 5.56 Å². The molecule has 0 saturated carbocycles. The van der Waals surface area contributed by atoms with Crippen LogP contribution in [0.25, 0.3) is 11.1 Å². The van der Waals surface area contributed by atoms with Crippen LogP contribution < -0.4 is 14.2 Å². The minimum Gasteiger partial charge on any atom is -0.496 e. The molecular weight excluding hydrogens is 462 g/mol. The van der Waals surface area contributed by atoms with Gasteiger partial charge in [-0.1, -0.05) is 55.5 Å². The topological polar surface area (TPSA) is 67.6 Å². The zero-order chi connectivity index (χ0) is 26.0. The highest BCUT2D eigenvalue weighted by Crippen LogP contribution is 2.36. The SMILES string of the molecule is CCN(Cc1ccncc1)Cc1c(OC)cc(OCc2cccc(-c3ccccc3)c2C#N)cc1OC. The van der Waals surface area contributed by atoms with Crippen molar-refractivity contribution < 1.29 is 14.2 Å². The molecule has 3 aromatic carbocycles. The molecule has 0 N–H and O–H groups in total. The van der Waals surface area contributed by atoms with E-state index in [1.54, 1.807) is 14.2 Å². The highest BCUT2D eigenvalue weighted by molar-refractivity contribution is 5.72. The van der Waals surface area contributed by atoms with Gasteiger partial charge in [0.25, 0.3) is 0 Å². The van der Waals surface area contributed by atoms with Crippen molar-refractivity contribution in [2.75, 3.05) is 20.8 Å². The Bertz CT molecular complexity index is 1330. The molecule has 1 aromatic heterocycles. The van der Waals surface area contributed by atoms with Crippen LogP contribution in [-0.4, -0.2) is 30.6 Å². The summed E-state index contributed by atoms with van der Waals surface area (Å²) in [5.41, 5.74) is 5.47. The molecule has 0 atom stereocenters. The first kappa shape index (κ1) is 25.7. The first-order valence-electron chi connectivity index (χ1n) is 12.2. The molecule has 0 unspecified atom stereocenters. The van der Waals surface area contributed by atoms with Gasteiger partial charge in [0.05, 0.1) is 25.3 Å². The third kappa shape index (κ3) is 6.27. The smallest absolute Gasteiger partial charge is 0.130 e. The summed E-state index contributed by atoms with van der Waals surface area (Å²) in [5, 5.41) is 9.92. The van der Waals surface area contributed by atoms with Crippen LogP contribution in [0.3, 0.4) is 0 Å². The molecule has 0 fully saturated rings. The van der Waals surface area contributed by atoms with Crippen LogP contribution >= 0.6 is 0 Å². The molecule has 4 rings (SSSR count). The number of methoxy groups -OCH3 is 2. The third-order valence-electron chi connectivity index (χ3n) is 6.31. The predicted molar refractivity (Wildman–Crippen MR) is 144 cm³/mol. The van der Waals surface area contributed by atoms with Crippen LogP contribution in [0.2, 0.25) is 0 Å². The Balaban J connectivity index is 1.56. The Kier molecular flexibility index (Phi) is 8.75. The molecule has 0 amide bonds. The van der Waals surface area contributed by atoms with E-state index in [2.05, 4.69) is 22.9 Å². The second-order valence-electron chi connectivity index (χ2n) is 8.57. The molecule has 0 aliphatic heterocycles. The number of aromatic nitrogens is 1. The Morgan fingerprint density at radius 1 is 0.865 bits per heavy atom. The summed E-state index contributed by atoms with van der Waals surface area (Å²) in [7, 11) is 3.30. The van der Waals surface area contributed by atoms with Gasteiger partial charge in [0.2, 0.25) is 0 Å². The largest absolute Gasteiger partial charge is 0.496 e. The maximum atomic E-state index is 9.92. The van der Waals surface area contributed by atoms with Gasteiger partial charge in [-0.3, -0.25) is 9.88 Å². The number of nitriles is 1. The van der Waals surface area contributed by atoms with E-state index >= 15 is 0 Å². The van der Waals surface area contributed by atoms with Gasteiger partial charge in [0.1, 0.15) is 29.9 Å². The molecule has 188 valence electrons. The minimum atomic E-state index is 0.248. The van der Waals surface area contributed by atoms with Gasteiger partial charge >= 0.3 is 0 Å². The molecule has 1 heterocycles. The van der Waals surface area contributed by atoms with Crippen molar-refractivity contribution in [1.29, 1.82) is 5.26 Å². The van der Waals surface area contributed by atoms with Crippen molar-refractivity contribution in [3.05, 3.63) is 107 Å². The summed E-state index contributed by atoms with van der Waals surface area (Å²) in [5.74, 6) is 2.01. The molecule has 6 heteroatoms. The summed E-state index contributed by atoms with van der Waals surface area (Å²) >= 11 is 0. The first-order chi connectivity index (χ1) is 18.2. The third-order valence-corrected chi connectivity index (χ3v) is 6.31. The lowest BCUT2D eigenvalue weighted by molar-refractivity contribution is 0.258. The van der Waals surface area contributed by atoms with Crippen LogP contribution in [0.1, 0.15) is 29.2 Å². The zero-order valence-corrected chi connectivity index (χ0v) is 21.5. The molecule has 6 nitrogen and oxygen atoms in total. The summed E-state index contributed by atoms with van der Waals surface area (Å²) < 4.78 is 17.7. The summed E-state index contributed by atoms with van der Waals surface area (Å²) in [6.45, 7) is 4.69. The molecule has 4 aromatic rings. The fourth-order valence-electron chi connectivity index (χ4n) is 4.32. The van der Waals surface area contributed by atoms with Crippen molar-refractivity contribution in [1.82, 2.24) is 9.88 Å². The lowest BCUT2D eigenvalue weighted by Crippen LogP contribution is -2.23. The van der Waals surface area contributed by atoms with Crippen molar-refractivity contribution in [2.24, 2.45) is 0 Å². The minimum absolute atomic E-state index is 0.248. The highest BCUT2D eigenvalue weighted by Gasteiger charge is 2.18.